The van der Waals surface area contributed by atoms with Crippen LogP contribution in [0.5, 0.6) is 0 Å². The van der Waals surface area contributed by atoms with Crippen molar-refractivity contribution in [3.63, 3.8) is 0 Å². The Bertz CT molecular complexity index is 68.0. The maximum Gasteiger partial charge on any atom is -0.0109 e. The zero-order valence-electron chi connectivity index (χ0n) is 3.71. The number of rotatable bonds is 0. The Kier molecular flexibility index (Phi) is 0.365. The highest BCUT2D eigenvalue weighted by atomic mass is 14.1. The summed E-state index contributed by atoms with van der Waals surface area (Å²) in [5.41, 5.74) is 3.18. The van der Waals surface area contributed by atoms with Gasteiger partial charge in [0, 0.05) is 0 Å². The highest BCUT2D eigenvalue weighted by Crippen LogP contribution is 2.27. The SMILES string of the molecule is CC1=C(C)C1. The summed E-state index contributed by atoms with van der Waals surface area (Å²) in [6.07, 6.45) is 1.31. The molecule has 0 aromatic carbocycles. The van der Waals surface area contributed by atoms with Crippen molar-refractivity contribution in [2.24, 2.45) is 0 Å². The lowest BCUT2D eigenvalue weighted by atomic mass is 10.6. The van der Waals surface area contributed by atoms with E-state index in [-0.39, 0.29) is 0 Å². The minimum atomic E-state index is 1.31. The van der Waals surface area contributed by atoms with Crippen molar-refractivity contribution in [2.45, 2.75) is 20.3 Å². The first-order valence-corrected chi connectivity index (χ1v) is 1.96. The number of hydrogen-bond donors (Lipinski definition) is 0. The Morgan fingerprint density at radius 2 is 1.40 bits per heavy atom. The number of allylic oxidation sites excluding steroid dienone is 2. The third-order valence-electron chi connectivity index (χ3n) is 1.13. The van der Waals surface area contributed by atoms with Gasteiger partial charge in [-0.2, -0.15) is 0 Å². The quantitative estimate of drug-likeness (QED) is 0.379. The molecule has 0 N–H and O–H groups in total. The molecular formula is C5H8. The summed E-state index contributed by atoms with van der Waals surface area (Å²) in [6, 6.07) is 0. The van der Waals surface area contributed by atoms with E-state index in [1.165, 1.54) is 6.42 Å². The Morgan fingerprint density at radius 3 is 1.40 bits per heavy atom. The first-order valence-electron chi connectivity index (χ1n) is 1.96. The minimum Gasteiger partial charge on any atom is -0.0700 e. The predicted molar refractivity (Wildman–Crippen MR) is 23.0 cm³/mol. The fraction of sp³-hybridized carbons (Fsp3) is 0.600. The van der Waals surface area contributed by atoms with E-state index in [9.17, 15) is 0 Å². The van der Waals surface area contributed by atoms with Crippen LogP contribution in [0.15, 0.2) is 11.1 Å². The zero-order valence-corrected chi connectivity index (χ0v) is 3.71. The second kappa shape index (κ2) is 0.618. The van der Waals surface area contributed by atoms with Crippen LogP contribution in [0.2, 0.25) is 0 Å². The molecule has 0 aromatic rings. The monoisotopic (exact) mass is 68.1 g/mol. The van der Waals surface area contributed by atoms with E-state index in [0.717, 1.165) is 0 Å². The van der Waals surface area contributed by atoms with E-state index in [1.54, 1.807) is 11.1 Å². The maximum absolute atomic E-state index is 2.18. The van der Waals surface area contributed by atoms with Gasteiger partial charge in [0.25, 0.3) is 0 Å². The molecule has 0 unspecified atom stereocenters. The molecule has 1 aliphatic carbocycles. The molecule has 1 rings (SSSR count). The molecule has 28 valence electrons. The third-order valence-corrected chi connectivity index (χ3v) is 1.13. The summed E-state index contributed by atoms with van der Waals surface area (Å²) in [5.74, 6) is 0. The van der Waals surface area contributed by atoms with Crippen molar-refractivity contribution in [2.75, 3.05) is 0 Å². The molecule has 1 aliphatic rings. The first-order chi connectivity index (χ1) is 2.30. The van der Waals surface area contributed by atoms with Crippen molar-refractivity contribution in [1.82, 2.24) is 0 Å². The van der Waals surface area contributed by atoms with Gasteiger partial charge in [-0.25, -0.2) is 0 Å². The van der Waals surface area contributed by atoms with Gasteiger partial charge in [0.1, 0.15) is 0 Å². The minimum absolute atomic E-state index is 1.31. The predicted octanol–water partition coefficient (Wildman–Crippen LogP) is 1.73. The molecule has 0 spiro atoms. The molecule has 0 heteroatoms. The van der Waals surface area contributed by atoms with Gasteiger partial charge in [-0.1, -0.05) is 11.1 Å². The molecule has 0 saturated heterocycles. The average molecular weight is 68.1 g/mol. The molecule has 0 atom stereocenters. The van der Waals surface area contributed by atoms with Crippen molar-refractivity contribution in [3.8, 4) is 0 Å². The van der Waals surface area contributed by atoms with Crippen LogP contribution in [-0.2, 0) is 0 Å². The molecule has 5 heavy (non-hydrogen) atoms. The smallest absolute Gasteiger partial charge is 0.0109 e. The molecule has 0 aliphatic heterocycles. The van der Waals surface area contributed by atoms with Gasteiger partial charge in [0.2, 0.25) is 0 Å². The Morgan fingerprint density at radius 1 is 1.20 bits per heavy atom. The van der Waals surface area contributed by atoms with E-state index in [1.807, 2.05) is 0 Å². The highest BCUT2D eigenvalue weighted by molar-refractivity contribution is 5.30. The van der Waals surface area contributed by atoms with E-state index in [4.69, 9.17) is 0 Å². The van der Waals surface area contributed by atoms with Gasteiger partial charge in [0.15, 0.2) is 0 Å². The topological polar surface area (TPSA) is 0 Å². The van der Waals surface area contributed by atoms with Crippen LogP contribution in [0, 0.1) is 0 Å². The van der Waals surface area contributed by atoms with Gasteiger partial charge in [0.05, 0.1) is 0 Å². The Balaban J connectivity index is 2.59. The lowest BCUT2D eigenvalue weighted by Crippen LogP contribution is -1.27. The van der Waals surface area contributed by atoms with Gasteiger partial charge in [-0.05, 0) is 20.3 Å². The van der Waals surface area contributed by atoms with Crippen LogP contribution in [0.3, 0.4) is 0 Å². The molecule has 0 bridgehead atoms. The van der Waals surface area contributed by atoms with E-state index < -0.39 is 0 Å². The van der Waals surface area contributed by atoms with Crippen molar-refractivity contribution < 1.29 is 0 Å². The molecule has 0 fully saturated rings. The van der Waals surface area contributed by atoms with E-state index in [2.05, 4.69) is 13.8 Å². The summed E-state index contributed by atoms with van der Waals surface area (Å²) < 4.78 is 0. The largest absolute Gasteiger partial charge is 0.0700 e. The van der Waals surface area contributed by atoms with E-state index >= 15 is 0 Å². The average Bonchev–Trinajstić information content (AvgIpc) is 1.79. The second-order valence-corrected chi connectivity index (χ2v) is 1.74. The summed E-state index contributed by atoms with van der Waals surface area (Å²) in [6.45, 7) is 4.35. The first kappa shape index (κ1) is 2.95. The lowest BCUT2D eigenvalue weighted by Gasteiger charge is -1.47. The Labute approximate surface area is 32.5 Å². The lowest BCUT2D eigenvalue weighted by molar-refractivity contribution is 1.43. The van der Waals surface area contributed by atoms with Crippen LogP contribution in [0.25, 0.3) is 0 Å². The van der Waals surface area contributed by atoms with Crippen LogP contribution >= 0.6 is 0 Å². The molecule has 0 nitrogen and oxygen atoms in total. The molecule has 0 heterocycles. The van der Waals surface area contributed by atoms with Crippen molar-refractivity contribution in [1.29, 1.82) is 0 Å². The van der Waals surface area contributed by atoms with Crippen molar-refractivity contribution in [3.05, 3.63) is 11.1 Å². The normalized spacial score (nSPS) is 20.4. The second-order valence-electron chi connectivity index (χ2n) is 1.74. The van der Waals surface area contributed by atoms with Gasteiger partial charge >= 0.3 is 0 Å². The van der Waals surface area contributed by atoms with Crippen LogP contribution in [0.1, 0.15) is 20.3 Å². The maximum atomic E-state index is 2.18. The summed E-state index contributed by atoms with van der Waals surface area (Å²) in [5, 5.41) is 0. The molecule has 0 saturated carbocycles. The third kappa shape index (κ3) is 0.344. The fourth-order valence-electron chi connectivity index (χ4n) is 0.354. The van der Waals surface area contributed by atoms with Gasteiger partial charge < -0.3 is 0 Å². The summed E-state index contributed by atoms with van der Waals surface area (Å²) in [4.78, 5) is 0. The summed E-state index contributed by atoms with van der Waals surface area (Å²) >= 11 is 0. The highest BCUT2D eigenvalue weighted by Gasteiger charge is 2.07. The van der Waals surface area contributed by atoms with Crippen molar-refractivity contribution >= 4 is 0 Å². The fourth-order valence-corrected chi connectivity index (χ4v) is 0.354. The standard InChI is InChI=1S/C5H8/c1-4-3-5(4)2/h3H2,1-2H3. The molecule has 0 radical (unpaired) electrons. The Hall–Kier alpha value is -0.260. The zero-order chi connectivity index (χ0) is 3.86. The van der Waals surface area contributed by atoms with Gasteiger partial charge in [-0.15, -0.1) is 0 Å². The summed E-state index contributed by atoms with van der Waals surface area (Å²) in [7, 11) is 0. The molecular weight excluding hydrogens is 60.1 g/mol. The van der Waals surface area contributed by atoms with Crippen LogP contribution < -0.4 is 0 Å². The van der Waals surface area contributed by atoms with Crippen LogP contribution in [-0.4, -0.2) is 0 Å². The molecule has 0 amide bonds. The van der Waals surface area contributed by atoms with E-state index in [0.29, 0.717) is 0 Å². The van der Waals surface area contributed by atoms with Crippen LogP contribution in [0.4, 0.5) is 0 Å². The molecule has 0 aromatic heterocycles. The van der Waals surface area contributed by atoms with Gasteiger partial charge in [-0.3, -0.25) is 0 Å². The number of hydrogen-bond acceptors (Lipinski definition) is 0.